The van der Waals surface area contributed by atoms with Crippen LogP contribution in [0.25, 0.3) is 0 Å². The van der Waals surface area contributed by atoms with E-state index in [0.717, 1.165) is 25.7 Å². The van der Waals surface area contributed by atoms with Crippen molar-refractivity contribution in [1.29, 1.82) is 5.41 Å². The minimum Gasteiger partial charge on any atom is -0.320 e. The second kappa shape index (κ2) is 7.65. The van der Waals surface area contributed by atoms with Gasteiger partial charge in [0, 0.05) is 5.71 Å². The van der Waals surface area contributed by atoms with Gasteiger partial charge in [-0.05, 0) is 31.4 Å². The molecular weight excluding hydrogens is 232 g/mol. The first-order chi connectivity index (χ1) is 8.59. The fourth-order valence-electron chi connectivity index (χ4n) is 1.58. The van der Waals surface area contributed by atoms with Crippen LogP contribution in [0.2, 0.25) is 0 Å². The van der Waals surface area contributed by atoms with Crippen LogP contribution in [0.4, 0.5) is 0 Å². The monoisotopic (exact) mass is 252 g/mol. The predicted molar refractivity (Wildman–Crippen MR) is 69.8 cm³/mol. The summed E-state index contributed by atoms with van der Waals surface area (Å²) in [6.07, 6.45) is 4.33. The Morgan fingerprint density at radius 1 is 1.50 bits per heavy atom. The molecule has 1 rings (SSSR count). The molecule has 0 aromatic carbocycles. The fraction of sp³-hybridized carbons (Fsp3) is 0.727. The number of nitrogens with zero attached hydrogens (tertiary/aromatic N) is 3. The van der Waals surface area contributed by atoms with Crippen molar-refractivity contribution in [2.24, 2.45) is 21.2 Å². The molecule has 0 unspecified atom stereocenters. The van der Waals surface area contributed by atoms with E-state index in [1.54, 1.807) is 6.92 Å². The van der Waals surface area contributed by atoms with E-state index in [1.165, 1.54) is 0 Å². The molecule has 1 aliphatic rings. The van der Waals surface area contributed by atoms with Gasteiger partial charge in [-0.3, -0.25) is 4.79 Å². The third-order valence-corrected chi connectivity index (χ3v) is 2.62. The van der Waals surface area contributed by atoms with Gasteiger partial charge in [-0.25, -0.2) is 0 Å². The summed E-state index contributed by atoms with van der Waals surface area (Å²) in [6.45, 7) is 2.12. The van der Waals surface area contributed by atoms with E-state index in [1.807, 2.05) is 0 Å². The molecule has 1 amide bonds. The Morgan fingerprint density at radius 2 is 2.28 bits per heavy atom. The standard InChI is InChI=1S/C11H20N6O/c1-8(12)5-3-2-4-6-9(13)11(18)15-10-7-14-17-16-10/h9,12H,2-7,13H2,1H3,(H,14,15,16,18)/t9-/m0/s1. The van der Waals surface area contributed by atoms with E-state index in [-0.39, 0.29) is 5.91 Å². The smallest absolute Gasteiger partial charge is 0.242 e. The highest BCUT2D eigenvalue weighted by Gasteiger charge is 2.16. The van der Waals surface area contributed by atoms with Crippen molar-refractivity contribution >= 4 is 17.5 Å². The zero-order chi connectivity index (χ0) is 13.4. The van der Waals surface area contributed by atoms with Crippen molar-refractivity contribution in [3.8, 4) is 0 Å². The summed E-state index contributed by atoms with van der Waals surface area (Å²) in [5.74, 6) is 0.221. The minimum atomic E-state index is -0.519. The van der Waals surface area contributed by atoms with Gasteiger partial charge in [0.05, 0.1) is 6.04 Å². The minimum absolute atomic E-state index is 0.232. The van der Waals surface area contributed by atoms with Crippen molar-refractivity contribution in [3.05, 3.63) is 0 Å². The molecule has 0 aromatic heterocycles. The van der Waals surface area contributed by atoms with Gasteiger partial charge in [-0.15, -0.1) is 5.10 Å². The van der Waals surface area contributed by atoms with Crippen LogP contribution in [0.1, 0.15) is 39.0 Å². The van der Waals surface area contributed by atoms with Gasteiger partial charge in [0.25, 0.3) is 0 Å². The van der Waals surface area contributed by atoms with E-state index < -0.39 is 6.04 Å². The molecule has 100 valence electrons. The zero-order valence-electron chi connectivity index (χ0n) is 10.6. The summed E-state index contributed by atoms with van der Waals surface area (Å²) in [5.41, 5.74) is 6.46. The zero-order valence-corrected chi connectivity index (χ0v) is 10.6. The van der Waals surface area contributed by atoms with Crippen LogP contribution in [-0.4, -0.2) is 30.0 Å². The Kier molecular flexibility index (Phi) is 6.13. The molecule has 7 heteroatoms. The molecule has 0 saturated carbocycles. The number of hydrogen-bond acceptors (Lipinski definition) is 6. The lowest BCUT2D eigenvalue weighted by Crippen LogP contribution is -2.43. The summed E-state index contributed by atoms with van der Waals surface area (Å²) < 4.78 is 0. The molecule has 0 spiro atoms. The molecule has 1 aliphatic heterocycles. The van der Waals surface area contributed by atoms with E-state index in [9.17, 15) is 4.79 Å². The maximum absolute atomic E-state index is 11.6. The SMILES string of the molecule is CC(=N)CCCCC[C@H](N)C(=O)NC1=NN=NC1. The van der Waals surface area contributed by atoms with Gasteiger partial charge in [0.15, 0.2) is 5.84 Å². The molecule has 0 saturated heterocycles. The van der Waals surface area contributed by atoms with Crippen LogP contribution in [-0.2, 0) is 4.79 Å². The predicted octanol–water partition coefficient (Wildman–Crippen LogP) is 1.20. The average Bonchev–Trinajstić information content (AvgIpc) is 2.80. The van der Waals surface area contributed by atoms with Crippen molar-refractivity contribution in [1.82, 2.24) is 5.32 Å². The Hall–Kier alpha value is -1.63. The summed E-state index contributed by atoms with van der Waals surface area (Å²) in [5, 5.41) is 20.6. The van der Waals surface area contributed by atoms with Gasteiger partial charge in [0.1, 0.15) is 6.54 Å². The highest BCUT2D eigenvalue weighted by atomic mass is 16.2. The number of rotatable bonds is 7. The second-order valence-electron chi connectivity index (χ2n) is 4.41. The topological polar surface area (TPSA) is 116 Å². The van der Waals surface area contributed by atoms with Crippen LogP contribution < -0.4 is 11.1 Å². The molecule has 0 radical (unpaired) electrons. The largest absolute Gasteiger partial charge is 0.320 e. The quantitative estimate of drug-likeness (QED) is 0.466. The Balaban J connectivity index is 2.10. The lowest BCUT2D eigenvalue weighted by atomic mass is 10.1. The molecule has 18 heavy (non-hydrogen) atoms. The molecule has 0 aliphatic carbocycles. The first-order valence-electron chi connectivity index (χ1n) is 6.13. The Bertz CT molecular complexity index is 363. The number of carbonyl (C=O) groups excluding carboxylic acids is 1. The van der Waals surface area contributed by atoms with E-state index in [4.69, 9.17) is 11.1 Å². The number of nitrogens with one attached hydrogen (secondary N) is 2. The average molecular weight is 252 g/mol. The fourth-order valence-corrected chi connectivity index (χ4v) is 1.58. The van der Waals surface area contributed by atoms with Crippen molar-refractivity contribution in [2.45, 2.75) is 45.1 Å². The molecule has 1 atom stereocenters. The summed E-state index contributed by atoms with van der Waals surface area (Å²) in [6, 6.07) is -0.519. The van der Waals surface area contributed by atoms with E-state index >= 15 is 0 Å². The first kappa shape index (κ1) is 14.4. The molecular formula is C11H20N6O. The van der Waals surface area contributed by atoms with Gasteiger partial charge in [0.2, 0.25) is 5.91 Å². The lowest BCUT2D eigenvalue weighted by Gasteiger charge is -2.11. The maximum Gasteiger partial charge on any atom is 0.242 e. The maximum atomic E-state index is 11.6. The molecule has 1 heterocycles. The van der Waals surface area contributed by atoms with Crippen molar-refractivity contribution < 1.29 is 4.79 Å². The van der Waals surface area contributed by atoms with Gasteiger partial charge >= 0.3 is 0 Å². The lowest BCUT2D eigenvalue weighted by molar-refractivity contribution is -0.121. The molecule has 0 aromatic rings. The second-order valence-corrected chi connectivity index (χ2v) is 4.41. The van der Waals surface area contributed by atoms with Crippen LogP contribution >= 0.6 is 0 Å². The van der Waals surface area contributed by atoms with E-state index in [2.05, 4.69) is 20.8 Å². The van der Waals surface area contributed by atoms with Crippen molar-refractivity contribution in [2.75, 3.05) is 6.54 Å². The van der Waals surface area contributed by atoms with E-state index in [0.29, 0.717) is 24.5 Å². The van der Waals surface area contributed by atoms with Gasteiger partial charge < -0.3 is 16.5 Å². The van der Waals surface area contributed by atoms with Crippen LogP contribution in [0.5, 0.6) is 0 Å². The number of hydrogen-bond donors (Lipinski definition) is 3. The molecule has 7 nitrogen and oxygen atoms in total. The van der Waals surface area contributed by atoms with Crippen molar-refractivity contribution in [3.63, 3.8) is 0 Å². The highest BCUT2D eigenvalue weighted by Crippen LogP contribution is 2.05. The number of amidine groups is 1. The number of nitrogens with two attached hydrogens (primary N) is 1. The molecule has 0 fully saturated rings. The Morgan fingerprint density at radius 3 is 2.89 bits per heavy atom. The summed E-state index contributed by atoms with van der Waals surface area (Å²) in [4.78, 5) is 11.6. The van der Waals surface area contributed by atoms with Crippen LogP contribution in [0, 0.1) is 5.41 Å². The van der Waals surface area contributed by atoms with Gasteiger partial charge in [-0.2, -0.15) is 5.11 Å². The first-order valence-corrected chi connectivity index (χ1v) is 6.13. The van der Waals surface area contributed by atoms with Gasteiger partial charge in [-0.1, -0.05) is 12.8 Å². The highest BCUT2D eigenvalue weighted by molar-refractivity contribution is 6.01. The normalized spacial score (nSPS) is 15.3. The van der Waals surface area contributed by atoms with Crippen LogP contribution in [0.15, 0.2) is 15.4 Å². The summed E-state index contributed by atoms with van der Waals surface area (Å²) in [7, 11) is 0. The molecule has 0 bridgehead atoms. The number of unbranched alkanes of at least 4 members (excludes halogenated alkanes) is 2. The third-order valence-electron chi connectivity index (χ3n) is 2.62. The Labute approximate surface area is 106 Å². The van der Waals surface area contributed by atoms with Crippen LogP contribution in [0.3, 0.4) is 0 Å². The number of amides is 1. The third kappa shape index (κ3) is 5.62. The summed E-state index contributed by atoms with van der Waals surface area (Å²) >= 11 is 0. The number of carbonyl (C=O) groups is 1. The molecule has 4 N–H and O–H groups in total.